The molecule has 0 aliphatic heterocycles. The van der Waals surface area contributed by atoms with E-state index in [2.05, 4.69) is 24.1 Å². The number of hydrogen-bond acceptors (Lipinski definition) is 4. The smallest absolute Gasteiger partial charge is 0.327 e. The van der Waals surface area contributed by atoms with E-state index in [9.17, 15) is 4.79 Å². The van der Waals surface area contributed by atoms with Crippen LogP contribution in [-0.2, 0) is 9.53 Å². The van der Waals surface area contributed by atoms with Crippen molar-refractivity contribution < 1.29 is 9.53 Å². The highest BCUT2D eigenvalue weighted by atomic mass is 16.5. The molecule has 0 fully saturated rings. The lowest BCUT2D eigenvalue weighted by Crippen LogP contribution is -2.37. The number of likely N-dealkylation sites (N-methyl/N-ethyl adjacent to an activating group) is 1. The first-order valence-corrected chi connectivity index (χ1v) is 7.90. The summed E-state index contributed by atoms with van der Waals surface area (Å²) in [5.41, 5.74) is 0.953. The van der Waals surface area contributed by atoms with Gasteiger partial charge in [-0.1, -0.05) is 44.2 Å². The molecular weight excluding hydrogens is 264 g/mol. The molecule has 0 aromatic heterocycles. The van der Waals surface area contributed by atoms with E-state index in [4.69, 9.17) is 4.74 Å². The zero-order valence-corrected chi connectivity index (χ0v) is 13.5. The van der Waals surface area contributed by atoms with E-state index in [0.29, 0.717) is 6.61 Å². The number of carbonyl (C=O) groups excluding carboxylic acids is 1. The summed E-state index contributed by atoms with van der Waals surface area (Å²) in [4.78, 5) is 14.5. The fraction of sp³-hybridized carbons (Fsp3) is 0.588. The van der Waals surface area contributed by atoms with Crippen molar-refractivity contribution in [2.24, 2.45) is 0 Å². The molecule has 1 aromatic rings. The van der Waals surface area contributed by atoms with Crippen molar-refractivity contribution in [2.75, 3.05) is 32.8 Å². The minimum atomic E-state index is -0.383. The highest BCUT2D eigenvalue weighted by Gasteiger charge is 2.21. The van der Waals surface area contributed by atoms with E-state index in [-0.39, 0.29) is 12.0 Å². The Morgan fingerprint density at radius 2 is 1.90 bits per heavy atom. The Hall–Kier alpha value is -1.39. The summed E-state index contributed by atoms with van der Waals surface area (Å²) >= 11 is 0. The van der Waals surface area contributed by atoms with Crippen LogP contribution in [0.15, 0.2) is 30.3 Å². The Bertz CT molecular complexity index is 395. The van der Waals surface area contributed by atoms with Gasteiger partial charge < -0.3 is 9.64 Å². The van der Waals surface area contributed by atoms with Crippen molar-refractivity contribution in [1.29, 1.82) is 0 Å². The van der Waals surface area contributed by atoms with Crippen LogP contribution in [0.25, 0.3) is 0 Å². The fourth-order valence-electron chi connectivity index (χ4n) is 2.32. The minimum absolute atomic E-state index is 0.206. The average Bonchev–Trinajstić information content (AvgIpc) is 2.51. The van der Waals surface area contributed by atoms with Crippen LogP contribution in [0.3, 0.4) is 0 Å². The number of hydrogen-bond donors (Lipinski definition) is 1. The Labute approximate surface area is 128 Å². The molecule has 0 saturated carbocycles. The first-order chi connectivity index (χ1) is 10.2. The van der Waals surface area contributed by atoms with E-state index in [0.717, 1.165) is 38.2 Å². The van der Waals surface area contributed by atoms with Crippen molar-refractivity contribution in [3.8, 4) is 0 Å². The molecule has 21 heavy (non-hydrogen) atoms. The lowest BCUT2D eigenvalue weighted by Gasteiger charge is -2.22. The lowest BCUT2D eigenvalue weighted by molar-refractivity contribution is -0.145. The SMILES string of the molecule is CCCN(CC)CCNC(C(=O)OCC)c1ccccc1. The molecule has 0 aliphatic rings. The van der Waals surface area contributed by atoms with Gasteiger partial charge in [-0.15, -0.1) is 0 Å². The first kappa shape index (κ1) is 17.7. The highest BCUT2D eigenvalue weighted by Crippen LogP contribution is 2.14. The topological polar surface area (TPSA) is 41.6 Å². The predicted molar refractivity (Wildman–Crippen MR) is 86.2 cm³/mol. The van der Waals surface area contributed by atoms with Crippen LogP contribution in [-0.4, -0.2) is 43.7 Å². The zero-order valence-electron chi connectivity index (χ0n) is 13.5. The molecule has 4 nitrogen and oxygen atoms in total. The van der Waals surface area contributed by atoms with E-state index in [1.165, 1.54) is 0 Å². The monoisotopic (exact) mass is 292 g/mol. The van der Waals surface area contributed by atoms with Crippen LogP contribution in [0.5, 0.6) is 0 Å². The van der Waals surface area contributed by atoms with Crippen LogP contribution >= 0.6 is 0 Å². The lowest BCUT2D eigenvalue weighted by atomic mass is 10.1. The maximum absolute atomic E-state index is 12.1. The van der Waals surface area contributed by atoms with E-state index in [1.807, 2.05) is 37.3 Å². The van der Waals surface area contributed by atoms with Crippen LogP contribution in [0, 0.1) is 0 Å². The molecule has 0 radical (unpaired) electrons. The molecule has 1 rings (SSSR count). The van der Waals surface area contributed by atoms with Gasteiger partial charge in [0.2, 0.25) is 0 Å². The quantitative estimate of drug-likeness (QED) is 0.673. The summed E-state index contributed by atoms with van der Waals surface area (Å²) in [6, 6.07) is 9.37. The van der Waals surface area contributed by atoms with E-state index >= 15 is 0 Å². The maximum Gasteiger partial charge on any atom is 0.327 e. The van der Waals surface area contributed by atoms with Crippen LogP contribution in [0.1, 0.15) is 38.8 Å². The van der Waals surface area contributed by atoms with Gasteiger partial charge in [0.05, 0.1) is 6.61 Å². The highest BCUT2D eigenvalue weighted by molar-refractivity contribution is 5.77. The van der Waals surface area contributed by atoms with Crippen molar-refractivity contribution in [2.45, 2.75) is 33.2 Å². The number of benzene rings is 1. The molecular formula is C17H28N2O2. The van der Waals surface area contributed by atoms with Gasteiger partial charge in [-0.2, -0.15) is 0 Å². The molecule has 1 unspecified atom stereocenters. The third kappa shape index (κ3) is 6.27. The second-order valence-electron chi connectivity index (χ2n) is 4.98. The second kappa shape index (κ2) is 10.4. The predicted octanol–water partition coefficient (Wildman–Crippen LogP) is 2.61. The van der Waals surface area contributed by atoms with Crippen molar-refractivity contribution in [1.82, 2.24) is 10.2 Å². The van der Waals surface area contributed by atoms with Gasteiger partial charge >= 0.3 is 5.97 Å². The van der Waals surface area contributed by atoms with Gasteiger partial charge in [-0.05, 0) is 32.0 Å². The van der Waals surface area contributed by atoms with Crippen LogP contribution < -0.4 is 5.32 Å². The van der Waals surface area contributed by atoms with Gasteiger partial charge in [-0.25, -0.2) is 4.79 Å². The van der Waals surface area contributed by atoms with E-state index in [1.54, 1.807) is 0 Å². The van der Waals surface area contributed by atoms with Gasteiger partial charge in [0.1, 0.15) is 6.04 Å². The number of nitrogens with one attached hydrogen (secondary N) is 1. The summed E-state index contributed by atoms with van der Waals surface area (Å²) in [7, 11) is 0. The van der Waals surface area contributed by atoms with E-state index < -0.39 is 0 Å². The number of rotatable bonds is 10. The second-order valence-corrected chi connectivity index (χ2v) is 4.98. The fourth-order valence-corrected chi connectivity index (χ4v) is 2.32. The molecule has 0 spiro atoms. The Morgan fingerprint density at radius 1 is 1.19 bits per heavy atom. The molecule has 4 heteroatoms. The first-order valence-electron chi connectivity index (χ1n) is 7.90. The zero-order chi connectivity index (χ0) is 15.5. The van der Waals surface area contributed by atoms with Gasteiger partial charge in [0.15, 0.2) is 0 Å². The summed E-state index contributed by atoms with van der Waals surface area (Å²) in [5.74, 6) is -0.206. The Balaban J connectivity index is 2.60. The largest absolute Gasteiger partial charge is 0.465 e. The standard InChI is InChI=1S/C17H28N2O2/c1-4-13-19(5-2)14-12-18-16(17(20)21-6-3)15-10-8-7-9-11-15/h7-11,16,18H,4-6,12-14H2,1-3H3. The Morgan fingerprint density at radius 3 is 2.48 bits per heavy atom. The molecule has 0 heterocycles. The molecule has 0 bridgehead atoms. The average molecular weight is 292 g/mol. The molecule has 0 aliphatic carbocycles. The van der Waals surface area contributed by atoms with Gasteiger partial charge in [0.25, 0.3) is 0 Å². The van der Waals surface area contributed by atoms with Crippen LogP contribution in [0.4, 0.5) is 0 Å². The maximum atomic E-state index is 12.1. The molecule has 118 valence electrons. The van der Waals surface area contributed by atoms with Gasteiger partial charge in [0, 0.05) is 13.1 Å². The molecule has 1 N–H and O–H groups in total. The summed E-state index contributed by atoms with van der Waals surface area (Å²) in [6.07, 6.45) is 1.15. The normalized spacial score (nSPS) is 12.4. The number of ether oxygens (including phenoxy) is 1. The number of carbonyl (C=O) groups is 1. The van der Waals surface area contributed by atoms with Gasteiger partial charge in [-0.3, -0.25) is 5.32 Å². The van der Waals surface area contributed by atoms with Crippen molar-refractivity contribution >= 4 is 5.97 Å². The summed E-state index contributed by atoms with van der Waals surface area (Å²) in [6.45, 7) is 10.4. The molecule has 1 aromatic carbocycles. The number of nitrogens with zero attached hydrogens (tertiary/aromatic N) is 1. The Kier molecular flexibility index (Phi) is 8.71. The minimum Gasteiger partial charge on any atom is -0.465 e. The molecule has 1 atom stereocenters. The third-order valence-electron chi connectivity index (χ3n) is 3.42. The molecule has 0 amide bonds. The number of esters is 1. The summed E-state index contributed by atoms with van der Waals surface area (Å²) < 4.78 is 5.17. The molecule has 0 saturated heterocycles. The van der Waals surface area contributed by atoms with Crippen molar-refractivity contribution in [3.05, 3.63) is 35.9 Å². The van der Waals surface area contributed by atoms with Crippen LogP contribution in [0.2, 0.25) is 0 Å². The third-order valence-corrected chi connectivity index (χ3v) is 3.42. The summed E-state index contributed by atoms with van der Waals surface area (Å²) in [5, 5.41) is 3.33. The van der Waals surface area contributed by atoms with Crippen molar-refractivity contribution in [3.63, 3.8) is 0 Å².